The number of hydrogen-bond donors (Lipinski definition) is 1. The standard InChI is InChI=1S/C14H13FN2O/c15-11-4-3-6-13(10-11)17-14(18)8-7-12-5-1-2-9-16-12/h1-6,9-10H,7-8H2,(H,17,18). The highest BCUT2D eigenvalue weighted by atomic mass is 19.1. The van der Waals surface area contributed by atoms with Gasteiger partial charge in [0.2, 0.25) is 5.91 Å². The van der Waals surface area contributed by atoms with Crippen LogP contribution in [0.4, 0.5) is 10.1 Å². The van der Waals surface area contributed by atoms with Crippen molar-refractivity contribution >= 4 is 11.6 Å². The zero-order valence-electron chi connectivity index (χ0n) is 9.77. The first kappa shape index (κ1) is 12.2. The van der Waals surface area contributed by atoms with Crippen molar-refractivity contribution in [2.45, 2.75) is 12.8 Å². The van der Waals surface area contributed by atoms with Crippen LogP contribution < -0.4 is 5.32 Å². The number of aromatic nitrogens is 1. The van der Waals surface area contributed by atoms with Gasteiger partial charge in [0.1, 0.15) is 5.82 Å². The first-order valence-corrected chi connectivity index (χ1v) is 5.69. The largest absolute Gasteiger partial charge is 0.326 e. The Balaban J connectivity index is 1.86. The van der Waals surface area contributed by atoms with Crippen LogP contribution in [0.15, 0.2) is 48.7 Å². The highest BCUT2D eigenvalue weighted by Crippen LogP contribution is 2.10. The topological polar surface area (TPSA) is 42.0 Å². The second-order valence-corrected chi connectivity index (χ2v) is 3.88. The lowest BCUT2D eigenvalue weighted by atomic mass is 10.2. The Bertz CT molecular complexity index is 528. The number of anilines is 1. The van der Waals surface area contributed by atoms with Gasteiger partial charge in [-0.1, -0.05) is 12.1 Å². The zero-order chi connectivity index (χ0) is 12.8. The Hall–Kier alpha value is -2.23. The van der Waals surface area contributed by atoms with Gasteiger partial charge < -0.3 is 5.32 Å². The lowest BCUT2D eigenvalue weighted by Crippen LogP contribution is -2.12. The summed E-state index contributed by atoms with van der Waals surface area (Å²) in [5.74, 6) is -0.510. The van der Waals surface area contributed by atoms with E-state index in [1.165, 1.54) is 12.1 Å². The Kier molecular flexibility index (Phi) is 4.02. The van der Waals surface area contributed by atoms with Crippen LogP contribution in [0.5, 0.6) is 0 Å². The number of hydrogen-bond acceptors (Lipinski definition) is 2. The van der Waals surface area contributed by atoms with E-state index >= 15 is 0 Å². The Labute approximate surface area is 105 Å². The minimum Gasteiger partial charge on any atom is -0.326 e. The molecule has 2 rings (SSSR count). The van der Waals surface area contributed by atoms with E-state index in [-0.39, 0.29) is 11.7 Å². The smallest absolute Gasteiger partial charge is 0.224 e. The summed E-state index contributed by atoms with van der Waals surface area (Å²) in [4.78, 5) is 15.8. The molecule has 0 bridgehead atoms. The summed E-state index contributed by atoms with van der Waals surface area (Å²) in [7, 11) is 0. The van der Waals surface area contributed by atoms with Gasteiger partial charge in [0, 0.05) is 24.0 Å². The molecule has 0 spiro atoms. The molecule has 1 N–H and O–H groups in total. The number of pyridine rings is 1. The molecule has 18 heavy (non-hydrogen) atoms. The van der Waals surface area contributed by atoms with Crippen LogP contribution in [-0.2, 0) is 11.2 Å². The second kappa shape index (κ2) is 5.91. The Morgan fingerprint density at radius 3 is 2.83 bits per heavy atom. The average Bonchev–Trinajstić information content (AvgIpc) is 2.38. The number of amides is 1. The molecule has 1 heterocycles. The van der Waals surface area contributed by atoms with Crippen LogP contribution in [0.1, 0.15) is 12.1 Å². The van der Waals surface area contributed by atoms with Gasteiger partial charge in [-0.05, 0) is 36.8 Å². The van der Waals surface area contributed by atoms with Crippen molar-refractivity contribution in [2.24, 2.45) is 0 Å². The summed E-state index contributed by atoms with van der Waals surface area (Å²) in [5, 5.41) is 2.65. The fourth-order valence-electron chi connectivity index (χ4n) is 1.58. The molecule has 1 aromatic heterocycles. The molecule has 92 valence electrons. The maximum Gasteiger partial charge on any atom is 0.224 e. The first-order valence-electron chi connectivity index (χ1n) is 5.69. The van der Waals surface area contributed by atoms with Gasteiger partial charge in [-0.15, -0.1) is 0 Å². The maximum absolute atomic E-state index is 12.9. The van der Waals surface area contributed by atoms with Gasteiger partial charge in [0.25, 0.3) is 0 Å². The number of benzene rings is 1. The Morgan fingerprint density at radius 1 is 1.22 bits per heavy atom. The summed E-state index contributed by atoms with van der Waals surface area (Å²) < 4.78 is 12.9. The van der Waals surface area contributed by atoms with Crippen molar-refractivity contribution in [1.29, 1.82) is 0 Å². The van der Waals surface area contributed by atoms with Gasteiger partial charge in [0.15, 0.2) is 0 Å². The molecule has 0 aliphatic heterocycles. The number of halogens is 1. The molecule has 0 aliphatic rings. The van der Waals surface area contributed by atoms with E-state index < -0.39 is 0 Å². The maximum atomic E-state index is 12.9. The molecule has 1 amide bonds. The highest BCUT2D eigenvalue weighted by molar-refractivity contribution is 5.90. The van der Waals surface area contributed by atoms with Crippen molar-refractivity contribution in [3.8, 4) is 0 Å². The fraction of sp³-hybridized carbons (Fsp3) is 0.143. The molecule has 4 heteroatoms. The van der Waals surface area contributed by atoms with Gasteiger partial charge in [-0.3, -0.25) is 9.78 Å². The number of nitrogens with one attached hydrogen (secondary N) is 1. The highest BCUT2D eigenvalue weighted by Gasteiger charge is 2.04. The van der Waals surface area contributed by atoms with Crippen LogP contribution in [0, 0.1) is 5.82 Å². The molecular weight excluding hydrogens is 231 g/mol. The summed E-state index contributed by atoms with van der Waals surface area (Å²) in [6.07, 6.45) is 2.59. The number of carbonyl (C=O) groups excluding carboxylic acids is 1. The van der Waals surface area contributed by atoms with Crippen LogP contribution in [0.2, 0.25) is 0 Å². The fourth-order valence-corrected chi connectivity index (χ4v) is 1.58. The van der Waals surface area contributed by atoms with E-state index in [4.69, 9.17) is 0 Å². The summed E-state index contributed by atoms with van der Waals surface area (Å²) in [6, 6.07) is 11.4. The summed E-state index contributed by atoms with van der Waals surface area (Å²) >= 11 is 0. The predicted molar refractivity (Wildman–Crippen MR) is 67.6 cm³/mol. The van der Waals surface area contributed by atoms with E-state index in [9.17, 15) is 9.18 Å². The third-order valence-corrected chi connectivity index (χ3v) is 2.44. The van der Waals surface area contributed by atoms with Gasteiger partial charge >= 0.3 is 0 Å². The van der Waals surface area contributed by atoms with Crippen molar-refractivity contribution in [3.05, 3.63) is 60.2 Å². The summed E-state index contributed by atoms with van der Waals surface area (Å²) in [6.45, 7) is 0. The number of carbonyl (C=O) groups is 1. The van der Waals surface area contributed by atoms with Gasteiger partial charge in [0.05, 0.1) is 0 Å². The third-order valence-electron chi connectivity index (χ3n) is 2.44. The molecular formula is C14H13FN2O. The minimum absolute atomic E-state index is 0.147. The first-order chi connectivity index (χ1) is 8.74. The number of nitrogens with zero attached hydrogens (tertiary/aromatic N) is 1. The van der Waals surface area contributed by atoms with Crippen LogP contribution in [0.25, 0.3) is 0 Å². The molecule has 0 atom stereocenters. The molecule has 0 radical (unpaired) electrons. The number of aryl methyl sites for hydroxylation is 1. The normalized spacial score (nSPS) is 10.1. The molecule has 2 aromatic rings. The lowest BCUT2D eigenvalue weighted by molar-refractivity contribution is -0.116. The van der Waals surface area contributed by atoms with E-state index in [1.807, 2.05) is 18.2 Å². The van der Waals surface area contributed by atoms with Gasteiger partial charge in [-0.2, -0.15) is 0 Å². The van der Waals surface area contributed by atoms with Crippen LogP contribution >= 0.6 is 0 Å². The summed E-state index contributed by atoms with van der Waals surface area (Å²) in [5.41, 5.74) is 1.34. The molecule has 0 aliphatic carbocycles. The molecule has 0 unspecified atom stereocenters. The van der Waals surface area contributed by atoms with Crippen molar-refractivity contribution < 1.29 is 9.18 Å². The quantitative estimate of drug-likeness (QED) is 0.898. The molecule has 0 saturated carbocycles. The molecule has 3 nitrogen and oxygen atoms in total. The van der Waals surface area contributed by atoms with E-state index in [0.717, 1.165) is 5.69 Å². The molecule has 0 saturated heterocycles. The average molecular weight is 244 g/mol. The monoisotopic (exact) mass is 244 g/mol. The van der Waals surface area contributed by atoms with E-state index in [2.05, 4.69) is 10.3 Å². The minimum atomic E-state index is -0.363. The van der Waals surface area contributed by atoms with Crippen molar-refractivity contribution in [1.82, 2.24) is 4.98 Å². The number of rotatable bonds is 4. The zero-order valence-corrected chi connectivity index (χ0v) is 9.77. The SMILES string of the molecule is O=C(CCc1ccccn1)Nc1cccc(F)c1. The van der Waals surface area contributed by atoms with E-state index in [0.29, 0.717) is 18.5 Å². The van der Waals surface area contributed by atoms with Gasteiger partial charge in [-0.25, -0.2) is 4.39 Å². The lowest BCUT2D eigenvalue weighted by Gasteiger charge is -2.04. The van der Waals surface area contributed by atoms with E-state index in [1.54, 1.807) is 18.3 Å². The van der Waals surface area contributed by atoms with Crippen LogP contribution in [0.3, 0.4) is 0 Å². The second-order valence-electron chi connectivity index (χ2n) is 3.88. The molecule has 0 fully saturated rings. The molecule has 1 aromatic carbocycles. The van der Waals surface area contributed by atoms with Crippen LogP contribution in [-0.4, -0.2) is 10.9 Å². The Morgan fingerprint density at radius 2 is 2.11 bits per heavy atom. The van der Waals surface area contributed by atoms with Crippen molar-refractivity contribution in [3.63, 3.8) is 0 Å². The predicted octanol–water partition coefficient (Wildman–Crippen LogP) is 2.79. The van der Waals surface area contributed by atoms with Crippen molar-refractivity contribution in [2.75, 3.05) is 5.32 Å². The third kappa shape index (κ3) is 3.66.